The Hall–Kier alpha value is -5.34. The maximum absolute atomic E-state index is 12.3. The average molecular weight is 532 g/mol. The van der Waals surface area contributed by atoms with Crippen LogP contribution < -0.4 is 18.9 Å². The van der Waals surface area contributed by atoms with Gasteiger partial charge in [-0.2, -0.15) is 10.5 Å². The number of ether oxygens (including phenoxy) is 4. The summed E-state index contributed by atoms with van der Waals surface area (Å²) in [7, 11) is 0. The van der Waals surface area contributed by atoms with Crippen molar-refractivity contribution in [1.29, 1.82) is 10.5 Å². The lowest BCUT2D eigenvalue weighted by molar-refractivity contribution is 0.101. The second kappa shape index (κ2) is 11.6. The van der Waals surface area contributed by atoms with Gasteiger partial charge in [0.1, 0.15) is 50.1 Å². The van der Waals surface area contributed by atoms with Crippen molar-refractivity contribution in [2.45, 2.75) is 27.1 Å². The number of benzene rings is 3. The molecule has 2 heterocycles. The van der Waals surface area contributed by atoms with Crippen LogP contribution in [-0.4, -0.2) is 24.0 Å². The Balaban J connectivity index is 1.39. The molecule has 0 bridgehead atoms. The van der Waals surface area contributed by atoms with Crippen LogP contribution in [0, 0.1) is 29.6 Å². The Morgan fingerprint density at radius 2 is 1.73 bits per heavy atom. The van der Waals surface area contributed by atoms with Crippen LogP contribution in [0.2, 0.25) is 0 Å². The van der Waals surface area contributed by atoms with Gasteiger partial charge in [-0.05, 0) is 54.8 Å². The Morgan fingerprint density at radius 3 is 2.50 bits per heavy atom. The Bertz CT molecular complexity index is 1680. The molecule has 1 aliphatic rings. The number of nitriles is 2. The molecule has 8 nitrogen and oxygen atoms in total. The van der Waals surface area contributed by atoms with Crippen LogP contribution in [0.5, 0.6) is 23.0 Å². The molecule has 0 aliphatic carbocycles. The quantitative estimate of drug-likeness (QED) is 0.257. The first-order valence-electron chi connectivity index (χ1n) is 12.6. The van der Waals surface area contributed by atoms with Crippen molar-refractivity contribution in [3.63, 3.8) is 0 Å². The van der Waals surface area contributed by atoms with Crippen LogP contribution in [0.25, 0.3) is 11.1 Å². The zero-order chi connectivity index (χ0) is 28.1. The molecule has 0 spiro atoms. The predicted octanol–water partition coefficient (Wildman–Crippen LogP) is 5.93. The van der Waals surface area contributed by atoms with Crippen LogP contribution in [0.4, 0.5) is 0 Å². The van der Waals surface area contributed by atoms with E-state index < -0.39 is 0 Å². The summed E-state index contributed by atoms with van der Waals surface area (Å²) in [5.74, 6) is 2.08. The molecule has 0 radical (unpaired) electrons. The Morgan fingerprint density at radius 1 is 0.925 bits per heavy atom. The summed E-state index contributed by atoms with van der Waals surface area (Å²) in [5, 5.41) is 19.2. The standard InChI is InChI=1S/C32H25N3O5/c1-20-10-27(21(2)36)31(39-18-23-11-22(14-33)16-35-17-23)13-30(20)40-19-25-4-3-5-26(28(25)15-34)24-6-7-29-32(12-24)38-9-8-37-29/h3-7,10-13,16-17H,8-9,18-19H2,1-2H3. The molecule has 0 unspecified atom stereocenters. The van der Waals surface area contributed by atoms with Crippen molar-refractivity contribution in [2.75, 3.05) is 13.2 Å². The third-order valence-corrected chi connectivity index (χ3v) is 6.47. The van der Waals surface area contributed by atoms with Crippen LogP contribution in [-0.2, 0) is 13.2 Å². The van der Waals surface area contributed by atoms with E-state index in [2.05, 4.69) is 17.1 Å². The molecule has 5 rings (SSSR count). The number of aromatic nitrogens is 1. The topological polar surface area (TPSA) is 114 Å². The SMILES string of the molecule is CC(=O)c1cc(C)c(OCc2cccc(-c3ccc4c(c3)OCCO4)c2C#N)cc1OCc1cncc(C#N)c1. The molecule has 1 aromatic heterocycles. The fourth-order valence-electron chi connectivity index (χ4n) is 4.47. The normalized spacial score (nSPS) is 11.7. The summed E-state index contributed by atoms with van der Waals surface area (Å²) in [6.45, 7) is 4.57. The number of aryl methyl sites for hydroxylation is 1. The minimum Gasteiger partial charge on any atom is -0.488 e. The molecule has 0 saturated carbocycles. The van der Waals surface area contributed by atoms with E-state index in [1.807, 2.05) is 43.3 Å². The minimum absolute atomic E-state index is 0.126. The van der Waals surface area contributed by atoms with Gasteiger partial charge in [-0.15, -0.1) is 0 Å². The number of carbonyl (C=O) groups is 1. The van der Waals surface area contributed by atoms with Crippen molar-refractivity contribution >= 4 is 5.78 Å². The number of nitrogens with zero attached hydrogens (tertiary/aromatic N) is 3. The molecule has 1 aliphatic heterocycles. The first-order chi connectivity index (χ1) is 19.5. The number of pyridine rings is 1. The van der Waals surface area contributed by atoms with Crippen molar-refractivity contribution < 1.29 is 23.7 Å². The maximum Gasteiger partial charge on any atom is 0.163 e. The highest BCUT2D eigenvalue weighted by Gasteiger charge is 2.18. The second-order valence-electron chi connectivity index (χ2n) is 9.25. The van der Waals surface area contributed by atoms with Gasteiger partial charge in [0.05, 0.1) is 16.7 Å². The molecule has 4 aromatic rings. The van der Waals surface area contributed by atoms with Crippen molar-refractivity contribution in [3.8, 4) is 46.3 Å². The van der Waals surface area contributed by atoms with Gasteiger partial charge < -0.3 is 18.9 Å². The monoisotopic (exact) mass is 531 g/mol. The highest BCUT2D eigenvalue weighted by molar-refractivity contribution is 5.97. The molecule has 0 amide bonds. The third-order valence-electron chi connectivity index (χ3n) is 6.47. The Kier molecular flexibility index (Phi) is 7.61. The van der Waals surface area contributed by atoms with Gasteiger partial charge >= 0.3 is 0 Å². The van der Waals surface area contributed by atoms with E-state index in [0.717, 1.165) is 16.7 Å². The lowest BCUT2D eigenvalue weighted by atomic mass is 9.96. The number of fused-ring (bicyclic) bond motifs is 1. The molecular weight excluding hydrogens is 506 g/mol. The number of carbonyl (C=O) groups excluding carboxylic acids is 1. The van der Waals surface area contributed by atoms with E-state index in [1.165, 1.54) is 13.1 Å². The van der Waals surface area contributed by atoms with Crippen molar-refractivity contribution in [3.05, 3.63) is 100 Å². The zero-order valence-corrected chi connectivity index (χ0v) is 22.1. The Labute approximate surface area is 232 Å². The summed E-state index contributed by atoms with van der Waals surface area (Å²) < 4.78 is 23.5. The molecule has 0 fully saturated rings. The minimum atomic E-state index is -0.146. The van der Waals surface area contributed by atoms with E-state index in [9.17, 15) is 10.1 Å². The van der Waals surface area contributed by atoms with E-state index >= 15 is 0 Å². The van der Waals surface area contributed by atoms with Gasteiger partial charge in [-0.1, -0.05) is 24.3 Å². The van der Waals surface area contributed by atoms with E-state index in [1.54, 1.807) is 24.4 Å². The summed E-state index contributed by atoms with van der Waals surface area (Å²) in [6, 6.07) is 20.7. The first kappa shape index (κ1) is 26.3. The largest absolute Gasteiger partial charge is 0.488 e. The van der Waals surface area contributed by atoms with Gasteiger partial charge in [-0.3, -0.25) is 9.78 Å². The van der Waals surface area contributed by atoms with Crippen LogP contribution in [0.3, 0.4) is 0 Å². The van der Waals surface area contributed by atoms with E-state index in [-0.39, 0.29) is 19.0 Å². The van der Waals surface area contributed by atoms with Crippen LogP contribution in [0.1, 0.15) is 45.1 Å². The van der Waals surface area contributed by atoms with Crippen LogP contribution >= 0.6 is 0 Å². The summed E-state index contributed by atoms with van der Waals surface area (Å²) in [5.41, 5.74) is 5.13. The zero-order valence-electron chi connectivity index (χ0n) is 22.1. The lowest BCUT2D eigenvalue weighted by Crippen LogP contribution is -2.15. The van der Waals surface area contributed by atoms with Crippen molar-refractivity contribution in [1.82, 2.24) is 4.98 Å². The highest BCUT2D eigenvalue weighted by atomic mass is 16.6. The van der Waals surface area contributed by atoms with Gasteiger partial charge in [0.15, 0.2) is 17.3 Å². The summed E-state index contributed by atoms with van der Waals surface area (Å²) >= 11 is 0. The fraction of sp³-hybridized carbons (Fsp3) is 0.188. The van der Waals surface area contributed by atoms with Gasteiger partial charge in [0, 0.05) is 29.6 Å². The third kappa shape index (κ3) is 5.57. The average Bonchev–Trinajstić information content (AvgIpc) is 2.99. The lowest BCUT2D eigenvalue weighted by Gasteiger charge is -2.19. The van der Waals surface area contributed by atoms with Gasteiger partial charge in [-0.25, -0.2) is 0 Å². The van der Waals surface area contributed by atoms with Crippen molar-refractivity contribution in [2.24, 2.45) is 0 Å². The number of Topliss-reactive ketones (excluding diaryl/α,β-unsaturated/α-hetero) is 1. The summed E-state index contributed by atoms with van der Waals surface area (Å²) in [4.78, 5) is 16.4. The van der Waals surface area contributed by atoms with Crippen LogP contribution in [0.15, 0.2) is 67.0 Å². The maximum atomic E-state index is 12.3. The molecule has 3 aromatic carbocycles. The summed E-state index contributed by atoms with van der Waals surface area (Å²) in [6.07, 6.45) is 3.08. The molecular formula is C32H25N3O5. The molecule has 198 valence electrons. The second-order valence-corrected chi connectivity index (χ2v) is 9.25. The van der Waals surface area contributed by atoms with E-state index in [4.69, 9.17) is 24.2 Å². The predicted molar refractivity (Wildman–Crippen MR) is 146 cm³/mol. The first-order valence-corrected chi connectivity index (χ1v) is 12.6. The highest BCUT2D eigenvalue weighted by Crippen LogP contribution is 2.37. The molecule has 0 saturated heterocycles. The van der Waals surface area contributed by atoms with Gasteiger partial charge in [0.25, 0.3) is 0 Å². The number of rotatable bonds is 8. The number of hydrogen-bond acceptors (Lipinski definition) is 8. The number of ketones is 1. The fourth-order valence-corrected chi connectivity index (χ4v) is 4.47. The molecule has 40 heavy (non-hydrogen) atoms. The smallest absolute Gasteiger partial charge is 0.163 e. The molecule has 0 atom stereocenters. The molecule has 0 N–H and O–H groups in total. The number of hydrogen-bond donors (Lipinski definition) is 0. The molecule has 8 heteroatoms. The van der Waals surface area contributed by atoms with E-state index in [0.29, 0.717) is 64.0 Å². The van der Waals surface area contributed by atoms with Gasteiger partial charge in [0.2, 0.25) is 0 Å².